The average molecular weight is 331 g/mol. The lowest BCUT2D eigenvalue weighted by Gasteiger charge is -2.25. The van der Waals surface area contributed by atoms with Crippen molar-refractivity contribution in [2.24, 2.45) is 0 Å². The van der Waals surface area contributed by atoms with Crippen LogP contribution in [0.1, 0.15) is 33.4 Å². The molecule has 124 valence electrons. The summed E-state index contributed by atoms with van der Waals surface area (Å²) >= 11 is 0. The van der Waals surface area contributed by atoms with Gasteiger partial charge in [0.15, 0.2) is 0 Å². The van der Waals surface area contributed by atoms with Gasteiger partial charge in [0, 0.05) is 7.05 Å². The second kappa shape index (κ2) is 6.00. The van der Waals surface area contributed by atoms with Crippen LogP contribution >= 0.6 is 0 Å². The summed E-state index contributed by atoms with van der Waals surface area (Å²) in [7, 11) is -1.95. The van der Waals surface area contributed by atoms with E-state index in [1.165, 1.54) is 4.31 Å². The zero-order chi connectivity index (χ0) is 17.5. The molecule has 0 aliphatic heterocycles. The van der Waals surface area contributed by atoms with Crippen LogP contribution in [-0.2, 0) is 10.0 Å². The summed E-state index contributed by atoms with van der Waals surface area (Å²) in [6.45, 7) is 11.8. The van der Waals surface area contributed by atoms with Gasteiger partial charge in [0.05, 0.1) is 10.6 Å². The average Bonchev–Trinajstić information content (AvgIpc) is 2.43. The summed E-state index contributed by atoms with van der Waals surface area (Å²) in [6.07, 6.45) is 0. The third-order valence-electron chi connectivity index (χ3n) is 4.60. The highest BCUT2D eigenvalue weighted by molar-refractivity contribution is 7.92. The van der Waals surface area contributed by atoms with E-state index in [0.717, 1.165) is 39.1 Å². The molecule has 2 aromatic rings. The Morgan fingerprint density at radius 1 is 0.783 bits per heavy atom. The quantitative estimate of drug-likeness (QED) is 0.838. The molecule has 0 N–H and O–H groups in total. The molecule has 0 aromatic heterocycles. The van der Waals surface area contributed by atoms with Crippen molar-refractivity contribution >= 4 is 15.7 Å². The molecule has 0 amide bonds. The van der Waals surface area contributed by atoms with Gasteiger partial charge in [-0.3, -0.25) is 4.31 Å². The van der Waals surface area contributed by atoms with Gasteiger partial charge < -0.3 is 0 Å². The Bertz CT molecular complexity index is 844. The van der Waals surface area contributed by atoms with Crippen LogP contribution in [0.5, 0.6) is 0 Å². The SMILES string of the molecule is Cc1cc(C)c(N(C)S(=O)(=O)c2ccc(C)c(C)c2C)c(C)c1. The number of hydrogen-bond acceptors (Lipinski definition) is 2. The maximum Gasteiger partial charge on any atom is 0.264 e. The number of hydrogen-bond donors (Lipinski definition) is 0. The number of nitrogens with zero attached hydrogens (tertiary/aromatic N) is 1. The van der Waals surface area contributed by atoms with E-state index in [1.54, 1.807) is 13.1 Å². The molecule has 2 aromatic carbocycles. The molecule has 4 heteroatoms. The maximum absolute atomic E-state index is 13.1. The second-order valence-electron chi connectivity index (χ2n) is 6.35. The topological polar surface area (TPSA) is 37.4 Å². The van der Waals surface area contributed by atoms with E-state index >= 15 is 0 Å². The van der Waals surface area contributed by atoms with Crippen LogP contribution < -0.4 is 4.31 Å². The molecule has 0 aliphatic rings. The van der Waals surface area contributed by atoms with E-state index < -0.39 is 10.0 Å². The van der Waals surface area contributed by atoms with Crippen molar-refractivity contribution in [2.45, 2.75) is 46.4 Å². The highest BCUT2D eigenvalue weighted by Gasteiger charge is 2.26. The number of anilines is 1. The Kier molecular flexibility index (Phi) is 4.58. The summed E-state index contributed by atoms with van der Waals surface area (Å²) in [5, 5.41) is 0. The highest BCUT2D eigenvalue weighted by atomic mass is 32.2. The number of aryl methyl sites for hydroxylation is 4. The zero-order valence-corrected chi connectivity index (χ0v) is 15.8. The van der Waals surface area contributed by atoms with E-state index in [-0.39, 0.29) is 0 Å². The first kappa shape index (κ1) is 17.5. The van der Waals surface area contributed by atoms with E-state index in [1.807, 2.05) is 59.7 Å². The molecule has 0 saturated carbocycles. The smallest absolute Gasteiger partial charge is 0.264 e. The van der Waals surface area contributed by atoms with Crippen molar-refractivity contribution in [3.05, 3.63) is 57.6 Å². The first-order chi connectivity index (χ1) is 10.6. The molecular formula is C19H25NO2S. The maximum atomic E-state index is 13.1. The Morgan fingerprint density at radius 3 is 1.83 bits per heavy atom. The van der Waals surface area contributed by atoms with Gasteiger partial charge in [0.25, 0.3) is 10.0 Å². The van der Waals surface area contributed by atoms with Crippen LogP contribution in [0.2, 0.25) is 0 Å². The van der Waals surface area contributed by atoms with Crippen LogP contribution in [0.15, 0.2) is 29.2 Å². The van der Waals surface area contributed by atoms with Crippen molar-refractivity contribution in [3.63, 3.8) is 0 Å². The largest absolute Gasteiger partial charge is 0.269 e. The minimum Gasteiger partial charge on any atom is -0.269 e. The minimum absolute atomic E-state index is 0.377. The molecule has 0 saturated heterocycles. The highest BCUT2D eigenvalue weighted by Crippen LogP contribution is 2.31. The predicted octanol–water partition coefficient (Wildman–Crippen LogP) is 4.36. The summed E-state index contributed by atoms with van der Waals surface area (Å²) in [4.78, 5) is 0.377. The summed E-state index contributed by atoms with van der Waals surface area (Å²) in [6, 6.07) is 7.61. The van der Waals surface area contributed by atoms with Gasteiger partial charge in [0.1, 0.15) is 0 Å². The van der Waals surface area contributed by atoms with Gasteiger partial charge in [-0.25, -0.2) is 8.42 Å². The Morgan fingerprint density at radius 2 is 1.30 bits per heavy atom. The first-order valence-electron chi connectivity index (χ1n) is 7.71. The lowest BCUT2D eigenvalue weighted by Crippen LogP contribution is -2.28. The molecule has 0 bridgehead atoms. The van der Waals surface area contributed by atoms with Crippen LogP contribution in [0.25, 0.3) is 0 Å². The van der Waals surface area contributed by atoms with E-state index in [0.29, 0.717) is 4.90 Å². The molecule has 0 aliphatic carbocycles. The van der Waals surface area contributed by atoms with Gasteiger partial charge in [-0.2, -0.15) is 0 Å². The second-order valence-corrected chi connectivity index (χ2v) is 8.29. The molecule has 0 radical (unpaired) electrons. The van der Waals surface area contributed by atoms with Gasteiger partial charge in [0.2, 0.25) is 0 Å². The number of benzene rings is 2. The standard InChI is InChI=1S/C19H25NO2S/c1-12-10-14(3)19(15(4)11-12)20(7)23(21,22)18-9-8-13(2)16(5)17(18)6/h8-11H,1-7H3. The fourth-order valence-corrected chi connectivity index (χ4v) is 4.75. The van der Waals surface area contributed by atoms with Crippen LogP contribution in [0, 0.1) is 41.5 Å². The Labute approximate surface area is 140 Å². The summed E-state index contributed by atoms with van der Waals surface area (Å²) in [5.41, 5.74) is 6.78. The fraction of sp³-hybridized carbons (Fsp3) is 0.368. The van der Waals surface area contributed by atoms with E-state index in [9.17, 15) is 8.42 Å². The van der Waals surface area contributed by atoms with Crippen LogP contribution in [0.4, 0.5) is 5.69 Å². The number of rotatable bonds is 3. The first-order valence-corrected chi connectivity index (χ1v) is 9.15. The minimum atomic E-state index is -3.59. The lowest BCUT2D eigenvalue weighted by atomic mass is 10.1. The van der Waals surface area contributed by atoms with Crippen molar-refractivity contribution < 1.29 is 8.42 Å². The molecule has 23 heavy (non-hydrogen) atoms. The molecule has 3 nitrogen and oxygen atoms in total. The molecule has 0 fully saturated rings. The molecule has 0 unspecified atom stereocenters. The summed E-state index contributed by atoms with van der Waals surface area (Å²) in [5.74, 6) is 0. The molecular weight excluding hydrogens is 306 g/mol. The van der Waals surface area contributed by atoms with Gasteiger partial charge in [-0.15, -0.1) is 0 Å². The summed E-state index contributed by atoms with van der Waals surface area (Å²) < 4.78 is 27.7. The van der Waals surface area contributed by atoms with Gasteiger partial charge in [-0.05, 0) is 75.4 Å². The van der Waals surface area contributed by atoms with Gasteiger partial charge in [-0.1, -0.05) is 23.8 Å². The predicted molar refractivity (Wildman–Crippen MR) is 96.9 cm³/mol. The molecule has 2 rings (SSSR count). The Balaban J connectivity index is 2.64. The van der Waals surface area contributed by atoms with Crippen molar-refractivity contribution in [2.75, 3.05) is 11.4 Å². The fourth-order valence-electron chi connectivity index (χ4n) is 3.15. The third kappa shape index (κ3) is 3.00. The molecule has 0 spiro atoms. The van der Waals surface area contributed by atoms with Crippen LogP contribution in [0.3, 0.4) is 0 Å². The molecule has 0 heterocycles. The zero-order valence-electron chi connectivity index (χ0n) is 15.0. The number of sulfonamides is 1. The molecule has 0 atom stereocenters. The monoisotopic (exact) mass is 331 g/mol. The van der Waals surface area contributed by atoms with Crippen molar-refractivity contribution in [3.8, 4) is 0 Å². The van der Waals surface area contributed by atoms with Crippen LogP contribution in [-0.4, -0.2) is 15.5 Å². The normalized spacial score (nSPS) is 11.6. The van der Waals surface area contributed by atoms with E-state index in [2.05, 4.69) is 0 Å². The van der Waals surface area contributed by atoms with Crippen molar-refractivity contribution in [1.29, 1.82) is 0 Å². The van der Waals surface area contributed by atoms with E-state index in [4.69, 9.17) is 0 Å². The lowest BCUT2D eigenvalue weighted by molar-refractivity contribution is 0.593. The Hall–Kier alpha value is -1.81. The van der Waals surface area contributed by atoms with Crippen molar-refractivity contribution in [1.82, 2.24) is 0 Å². The van der Waals surface area contributed by atoms with Gasteiger partial charge >= 0.3 is 0 Å². The third-order valence-corrected chi connectivity index (χ3v) is 6.50.